The largest absolute Gasteiger partial charge is 0.388 e. The molecule has 0 bridgehead atoms. The van der Waals surface area contributed by atoms with Crippen molar-refractivity contribution in [2.75, 3.05) is 0 Å². The molecule has 4 unspecified atom stereocenters. The van der Waals surface area contributed by atoms with Gasteiger partial charge in [-0.2, -0.15) is 0 Å². The van der Waals surface area contributed by atoms with Crippen LogP contribution in [0.4, 0.5) is 0 Å². The maximum absolute atomic E-state index is 11.5. The number of aromatic nitrogens is 4. The molecule has 0 amide bonds. The van der Waals surface area contributed by atoms with Crippen molar-refractivity contribution in [3.63, 3.8) is 0 Å². The Hall–Kier alpha value is -1.77. The fourth-order valence-corrected chi connectivity index (χ4v) is 2.35. The molecule has 0 aromatic carbocycles. The molecule has 3 N–H and O–H groups in total. The Morgan fingerprint density at radius 1 is 1.42 bits per heavy atom. The number of imidazole rings is 1. The van der Waals surface area contributed by atoms with Gasteiger partial charge in [0.2, 0.25) is 0 Å². The molecular weight excluding hydrogens is 252 g/mol. The summed E-state index contributed by atoms with van der Waals surface area (Å²) in [4.78, 5) is 22.0. The topological polar surface area (TPSA) is 113 Å². The summed E-state index contributed by atoms with van der Waals surface area (Å²) in [5.74, 6) is 0. The van der Waals surface area contributed by atoms with Gasteiger partial charge in [-0.1, -0.05) is 6.92 Å². The summed E-state index contributed by atoms with van der Waals surface area (Å²) in [7, 11) is 0. The van der Waals surface area contributed by atoms with Crippen molar-refractivity contribution in [1.29, 1.82) is 0 Å². The number of rotatable bonds is 2. The van der Waals surface area contributed by atoms with Gasteiger partial charge in [0.15, 0.2) is 17.4 Å². The van der Waals surface area contributed by atoms with Gasteiger partial charge in [-0.05, 0) is 6.42 Å². The van der Waals surface area contributed by atoms with Crippen molar-refractivity contribution in [2.24, 2.45) is 0 Å². The van der Waals surface area contributed by atoms with Crippen LogP contribution in [0.2, 0.25) is 0 Å². The van der Waals surface area contributed by atoms with Crippen molar-refractivity contribution >= 4 is 11.2 Å². The number of ether oxygens (including phenoxy) is 1. The van der Waals surface area contributed by atoms with Gasteiger partial charge in [-0.25, -0.2) is 9.97 Å². The lowest BCUT2D eigenvalue weighted by molar-refractivity contribution is -0.0355. The molecule has 1 fully saturated rings. The normalized spacial score (nSPS) is 31.1. The number of H-pyrrole nitrogens is 1. The Morgan fingerprint density at radius 3 is 2.89 bits per heavy atom. The zero-order chi connectivity index (χ0) is 13.6. The third kappa shape index (κ3) is 1.76. The van der Waals surface area contributed by atoms with E-state index in [0.717, 1.165) is 0 Å². The van der Waals surface area contributed by atoms with E-state index >= 15 is 0 Å². The summed E-state index contributed by atoms with van der Waals surface area (Å²) in [5, 5.41) is 19.9. The van der Waals surface area contributed by atoms with E-state index < -0.39 is 24.5 Å². The number of aromatic amines is 1. The van der Waals surface area contributed by atoms with Crippen LogP contribution in [0, 0.1) is 0 Å². The van der Waals surface area contributed by atoms with Crippen molar-refractivity contribution in [3.8, 4) is 0 Å². The lowest BCUT2D eigenvalue weighted by Crippen LogP contribution is -2.31. The van der Waals surface area contributed by atoms with Crippen LogP contribution in [0.3, 0.4) is 0 Å². The molecule has 1 aliphatic rings. The minimum atomic E-state index is -1.08. The highest BCUT2D eigenvalue weighted by molar-refractivity contribution is 5.68. The van der Waals surface area contributed by atoms with E-state index in [9.17, 15) is 15.0 Å². The average Bonchev–Trinajstić information content (AvgIpc) is 2.94. The Morgan fingerprint density at radius 2 is 2.21 bits per heavy atom. The molecule has 8 nitrogen and oxygen atoms in total. The van der Waals surface area contributed by atoms with Gasteiger partial charge in [0.1, 0.15) is 12.2 Å². The molecule has 0 saturated carbocycles. The first-order valence-electron chi connectivity index (χ1n) is 6.05. The van der Waals surface area contributed by atoms with Gasteiger partial charge in [0, 0.05) is 0 Å². The Balaban J connectivity index is 2.06. The van der Waals surface area contributed by atoms with Gasteiger partial charge in [0.05, 0.1) is 18.8 Å². The lowest BCUT2D eigenvalue weighted by Gasteiger charge is -2.16. The molecule has 2 aromatic heterocycles. The predicted octanol–water partition coefficient (Wildman–Crippen LogP) is -0.851. The van der Waals surface area contributed by atoms with Crippen LogP contribution in [0.15, 0.2) is 17.4 Å². The highest BCUT2D eigenvalue weighted by Gasteiger charge is 2.43. The van der Waals surface area contributed by atoms with Crippen LogP contribution in [0.25, 0.3) is 11.2 Å². The highest BCUT2D eigenvalue weighted by Crippen LogP contribution is 2.31. The van der Waals surface area contributed by atoms with E-state index in [-0.39, 0.29) is 11.1 Å². The molecule has 3 heterocycles. The summed E-state index contributed by atoms with van der Waals surface area (Å²) < 4.78 is 7.06. The van der Waals surface area contributed by atoms with E-state index in [2.05, 4.69) is 15.0 Å². The van der Waals surface area contributed by atoms with E-state index in [1.165, 1.54) is 17.2 Å². The number of nitrogens with one attached hydrogen (secondary N) is 1. The first kappa shape index (κ1) is 12.3. The van der Waals surface area contributed by atoms with Crippen LogP contribution in [0.1, 0.15) is 19.6 Å². The molecule has 1 aliphatic heterocycles. The number of fused-ring (bicyclic) bond motifs is 1. The Bertz CT molecular complexity index is 651. The average molecular weight is 266 g/mol. The fourth-order valence-electron chi connectivity index (χ4n) is 2.35. The number of nitrogens with zero attached hydrogens (tertiary/aromatic N) is 3. The first-order chi connectivity index (χ1) is 9.13. The Labute approximate surface area is 107 Å². The smallest absolute Gasteiger partial charge is 0.278 e. The van der Waals surface area contributed by atoms with E-state index in [4.69, 9.17) is 4.74 Å². The predicted molar refractivity (Wildman–Crippen MR) is 64.4 cm³/mol. The summed E-state index contributed by atoms with van der Waals surface area (Å²) in [6.45, 7) is 1.86. The third-order valence-electron chi connectivity index (χ3n) is 3.38. The number of aliphatic hydroxyl groups is 2. The lowest BCUT2D eigenvalue weighted by atomic mass is 10.1. The zero-order valence-corrected chi connectivity index (χ0v) is 10.2. The second-order valence-electron chi connectivity index (χ2n) is 4.51. The van der Waals surface area contributed by atoms with Crippen LogP contribution in [0.5, 0.6) is 0 Å². The van der Waals surface area contributed by atoms with Crippen LogP contribution >= 0.6 is 0 Å². The SMILES string of the molecule is CCC1OC(n2cnc3c(=O)[nH]cnc32)C(O)C1O. The van der Waals surface area contributed by atoms with Gasteiger partial charge >= 0.3 is 0 Å². The van der Waals surface area contributed by atoms with Crippen LogP contribution in [-0.2, 0) is 4.74 Å². The van der Waals surface area contributed by atoms with E-state index in [0.29, 0.717) is 12.1 Å². The molecule has 8 heteroatoms. The molecule has 19 heavy (non-hydrogen) atoms. The molecule has 0 aliphatic carbocycles. The third-order valence-corrected chi connectivity index (χ3v) is 3.38. The minimum Gasteiger partial charge on any atom is -0.388 e. The van der Waals surface area contributed by atoms with Gasteiger partial charge in [-0.3, -0.25) is 9.36 Å². The van der Waals surface area contributed by atoms with E-state index in [1.54, 1.807) is 0 Å². The summed E-state index contributed by atoms with van der Waals surface area (Å²) >= 11 is 0. The zero-order valence-electron chi connectivity index (χ0n) is 10.2. The molecule has 0 radical (unpaired) electrons. The monoisotopic (exact) mass is 266 g/mol. The van der Waals surface area contributed by atoms with Gasteiger partial charge < -0.3 is 19.9 Å². The first-order valence-corrected chi connectivity index (χ1v) is 6.05. The molecular formula is C11H14N4O4. The van der Waals surface area contributed by atoms with Gasteiger partial charge in [-0.15, -0.1) is 0 Å². The molecule has 0 spiro atoms. The van der Waals surface area contributed by atoms with Crippen LogP contribution < -0.4 is 5.56 Å². The van der Waals surface area contributed by atoms with Crippen molar-refractivity contribution < 1.29 is 14.9 Å². The van der Waals surface area contributed by atoms with Crippen molar-refractivity contribution in [1.82, 2.24) is 19.5 Å². The summed E-state index contributed by atoms with van der Waals surface area (Å²) in [6, 6.07) is 0. The second-order valence-corrected chi connectivity index (χ2v) is 4.51. The standard InChI is InChI=1S/C11H14N4O4/c1-2-5-7(16)8(17)11(19-5)15-4-14-6-9(15)12-3-13-10(6)18/h3-5,7-8,11,16-17H,2H2,1H3,(H,12,13,18). The van der Waals surface area contributed by atoms with Crippen molar-refractivity contribution in [2.45, 2.75) is 37.9 Å². The number of aliphatic hydroxyl groups excluding tert-OH is 2. The second kappa shape index (κ2) is 4.41. The number of hydrogen-bond donors (Lipinski definition) is 3. The molecule has 2 aromatic rings. The highest BCUT2D eigenvalue weighted by atomic mass is 16.6. The maximum atomic E-state index is 11.5. The van der Waals surface area contributed by atoms with Gasteiger partial charge in [0.25, 0.3) is 5.56 Å². The summed E-state index contributed by atoms with van der Waals surface area (Å²) in [5.41, 5.74) is 0.133. The van der Waals surface area contributed by atoms with Crippen LogP contribution in [-0.4, -0.2) is 48.0 Å². The quantitative estimate of drug-likeness (QED) is 0.652. The molecule has 1 saturated heterocycles. The molecule has 4 atom stereocenters. The number of hydrogen-bond acceptors (Lipinski definition) is 6. The molecule has 3 rings (SSSR count). The Kier molecular flexibility index (Phi) is 2.85. The van der Waals surface area contributed by atoms with E-state index in [1.807, 2.05) is 6.92 Å². The maximum Gasteiger partial charge on any atom is 0.278 e. The van der Waals surface area contributed by atoms with Crippen molar-refractivity contribution in [3.05, 3.63) is 23.0 Å². The minimum absolute atomic E-state index is 0.174. The fraction of sp³-hybridized carbons (Fsp3) is 0.545. The summed E-state index contributed by atoms with van der Waals surface area (Å²) in [6.07, 6.45) is -0.0599. The molecule has 102 valence electrons.